The lowest BCUT2D eigenvalue weighted by Crippen LogP contribution is -2.38. The number of rotatable bonds is 10. The molecule has 0 saturated heterocycles. The molecule has 2 rings (SSSR count). The highest BCUT2D eigenvalue weighted by Crippen LogP contribution is 2.17. The average Bonchev–Trinajstić information content (AvgIpc) is 2.67. The van der Waals surface area contributed by atoms with Crippen LogP contribution in [0.2, 0.25) is 0 Å². The Hall–Kier alpha value is -2.14. The van der Waals surface area contributed by atoms with Crippen LogP contribution in [0, 0.1) is 0 Å². The number of carbonyl (C=O) groups excluding carboxylic acids is 1. The van der Waals surface area contributed by atoms with Gasteiger partial charge in [0.05, 0.1) is 10.6 Å². The Morgan fingerprint density at radius 3 is 2.19 bits per heavy atom. The fraction of sp³-hybridized carbons (Fsp3) is 0.409. The molecule has 5 heteroatoms. The van der Waals surface area contributed by atoms with Gasteiger partial charge in [-0.05, 0) is 43.9 Å². The Morgan fingerprint density at radius 1 is 1.00 bits per heavy atom. The van der Waals surface area contributed by atoms with E-state index < -0.39 is 9.84 Å². The number of nitrogens with zero attached hydrogens (tertiary/aromatic N) is 1. The predicted molar refractivity (Wildman–Crippen MR) is 109 cm³/mol. The number of sulfone groups is 1. The van der Waals surface area contributed by atoms with E-state index in [-0.39, 0.29) is 17.7 Å². The zero-order valence-corrected chi connectivity index (χ0v) is 17.0. The Bertz CT molecular complexity index is 804. The third kappa shape index (κ3) is 6.51. The molecule has 0 radical (unpaired) electrons. The van der Waals surface area contributed by atoms with Gasteiger partial charge in [0.2, 0.25) is 5.91 Å². The zero-order chi connectivity index (χ0) is 19.7. The van der Waals surface area contributed by atoms with Gasteiger partial charge >= 0.3 is 0 Å². The molecule has 1 amide bonds. The van der Waals surface area contributed by atoms with Gasteiger partial charge < -0.3 is 4.90 Å². The first-order valence-corrected chi connectivity index (χ1v) is 11.2. The summed E-state index contributed by atoms with van der Waals surface area (Å²) in [5, 5.41) is 0. The van der Waals surface area contributed by atoms with Crippen LogP contribution >= 0.6 is 0 Å². The standard InChI is InChI=1S/C22H29NO3S/c1-3-11-22(24)23(18-20-13-6-4-7-14-20)19(2)12-10-17-27(25,26)21-15-8-5-9-16-21/h4-9,13-16,19H,3,10-12,17-18H2,1-2H3. The Balaban J connectivity index is 1.98. The molecule has 0 saturated carbocycles. The summed E-state index contributed by atoms with van der Waals surface area (Å²) >= 11 is 0. The van der Waals surface area contributed by atoms with Crippen molar-refractivity contribution in [3.63, 3.8) is 0 Å². The Labute approximate surface area is 163 Å². The summed E-state index contributed by atoms with van der Waals surface area (Å²) in [6.45, 7) is 4.56. The first-order chi connectivity index (χ1) is 12.9. The summed E-state index contributed by atoms with van der Waals surface area (Å²) in [6, 6.07) is 18.5. The highest BCUT2D eigenvalue weighted by molar-refractivity contribution is 7.91. The van der Waals surface area contributed by atoms with Gasteiger partial charge in [-0.2, -0.15) is 0 Å². The molecule has 2 aromatic carbocycles. The summed E-state index contributed by atoms with van der Waals surface area (Å²) in [5.74, 6) is 0.224. The lowest BCUT2D eigenvalue weighted by molar-refractivity contribution is -0.134. The van der Waals surface area contributed by atoms with Gasteiger partial charge in [0, 0.05) is 19.0 Å². The van der Waals surface area contributed by atoms with Crippen LogP contribution in [0.4, 0.5) is 0 Å². The second-order valence-electron chi connectivity index (χ2n) is 6.88. The number of hydrogen-bond acceptors (Lipinski definition) is 3. The van der Waals surface area contributed by atoms with Crippen molar-refractivity contribution in [1.29, 1.82) is 0 Å². The first-order valence-electron chi connectivity index (χ1n) is 9.55. The van der Waals surface area contributed by atoms with Crippen molar-refractivity contribution in [2.45, 2.75) is 57.0 Å². The molecule has 0 aliphatic carbocycles. The van der Waals surface area contributed by atoms with Gasteiger partial charge in [0.15, 0.2) is 9.84 Å². The van der Waals surface area contributed by atoms with Gasteiger partial charge in [-0.25, -0.2) is 8.42 Å². The Morgan fingerprint density at radius 2 is 1.59 bits per heavy atom. The summed E-state index contributed by atoms with van der Waals surface area (Å²) in [7, 11) is -3.27. The zero-order valence-electron chi connectivity index (χ0n) is 16.2. The van der Waals surface area contributed by atoms with E-state index in [4.69, 9.17) is 0 Å². The van der Waals surface area contributed by atoms with Crippen LogP contribution in [0.5, 0.6) is 0 Å². The minimum absolute atomic E-state index is 0.00442. The SMILES string of the molecule is CCCC(=O)N(Cc1ccccc1)C(C)CCCS(=O)(=O)c1ccccc1. The van der Waals surface area contributed by atoms with Gasteiger partial charge in [0.1, 0.15) is 0 Å². The summed E-state index contributed by atoms with van der Waals surface area (Å²) in [4.78, 5) is 14.8. The maximum Gasteiger partial charge on any atom is 0.223 e. The molecule has 4 nitrogen and oxygen atoms in total. The second-order valence-corrected chi connectivity index (χ2v) is 8.99. The van der Waals surface area contributed by atoms with Gasteiger partial charge in [-0.15, -0.1) is 0 Å². The molecule has 0 fully saturated rings. The number of amides is 1. The quantitative estimate of drug-likeness (QED) is 0.605. The van der Waals surface area contributed by atoms with Crippen molar-refractivity contribution in [2.75, 3.05) is 5.75 Å². The van der Waals surface area contributed by atoms with Crippen LogP contribution in [-0.4, -0.2) is 31.0 Å². The van der Waals surface area contributed by atoms with Crippen LogP contribution in [0.15, 0.2) is 65.6 Å². The minimum Gasteiger partial charge on any atom is -0.336 e. The number of carbonyl (C=O) groups is 1. The minimum atomic E-state index is -3.27. The number of hydrogen-bond donors (Lipinski definition) is 0. The molecule has 0 spiro atoms. The third-order valence-corrected chi connectivity index (χ3v) is 6.47. The molecule has 27 heavy (non-hydrogen) atoms. The maximum atomic E-state index is 12.6. The van der Waals surface area contributed by atoms with E-state index in [0.29, 0.717) is 30.7 Å². The van der Waals surface area contributed by atoms with E-state index in [2.05, 4.69) is 0 Å². The molecule has 146 valence electrons. The molecule has 1 unspecified atom stereocenters. The fourth-order valence-electron chi connectivity index (χ4n) is 3.10. The third-order valence-electron chi connectivity index (χ3n) is 4.65. The van der Waals surface area contributed by atoms with Crippen molar-refractivity contribution in [3.8, 4) is 0 Å². The summed E-state index contributed by atoms with van der Waals surface area (Å²) < 4.78 is 24.9. The monoisotopic (exact) mass is 387 g/mol. The highest BCUT2D eigenvalue weighted by Gasteiger charge is 2.21. The van der Waals surface area contributed by atoms with E-state index in [9.17, 15) is 13.2 Å². The topological polar surface area (TPSA) is 54.5 Å². The average molecular weight is 388 g/mol. The lowest BCUT2D eigenvalue weighted by Gasteiger charge is -2.29. The second kappa shape index (κ2) is 10.3. The van der Waals surface area contributed by atoms with Crippen molar-refractivity contribution in [1.82, 2.24) is 4.90 Å². The van der Waals surface area contributed by atoms with Crippen LogP contribution in [0.1, 0.15) is 45.1 Å². The predicted octanol–water partition coefficient (Wildman–Crippen LogP) is 4.46. The van der Waals surface area contributed by atoms with E-state index in [1.807, 2.05) is 55.1 Å². The van der Waals surface area contributed by atoms with Crippen LogP contribution in [-0.2, 0) is 21.2 Å². The van der Waals surface area contributed by atoms with Crippen molar-refractivity contribution in [2.24, 2.45) is 0 Å². The molecule has 0 aliphatic rings. The summed E-state index contributed by atoms with van der Waals surface area (Å²) in [5.41, 5.74) is 1.09. The van der Waals surface area contributed by atoms with Gasteiger partial charge in [-0.3, -0.25) is 4.79 Å². The van der Waals surface area contributed by atoms with E-state index in [0.717, 1.165) is 12.0 Å². The van der Waals surface area contributed by atoms with Gasteiger partial charge in [-0.1, -0.05) is 55.5 Å². The molecule has 2 aromatic rings. The molecule has 0 N–H and O–H groups in total. The summed E-state index contributed by atoms with van der Waals surface area (Å²) in [6.07, 6.45) is 2.51. The highest BCUT2D eigenvalue weighted by atomic mass is 32.2. The maximum absolute atomic E-state index is 12.6. The smallest absolute Gasteiger partial charge is 0.223 e. The van der Waals surface area contributed by atoms with Crippen LogP contribution < -0.4 is 0 Å². The largest absolute Gasteiger partial charge is 0.336 e. The molecule has 0 aliphatic heterocycles. The lowest BCUT2D eigenvalue weighted by atomic mass is 10.1. The van der Waals surface area contributed by atoms with Crippen LogP contribution in [0.25, 0.3) is 0 Å². The fourth-order valence-corrected chi connectivity index (χ4v) is 4.45. The van der Waals surface area contributed by atoms with Crippen LogP contribution in [0.3, 0.4) is 0 Å². The van der Waals surface area contributed by atoms with Crippen molar-refractivity contribution >= 4 is 15.7 Å². The normalized spacial score (nSPS) is 12.5. The molecule has 0 heterocycles. The van der Waals surface area contributed by atoms with Crippen molar-refractivity contribution in [3.05, 3.63) is 66.2 Å². The number of benzene rings is 2. The molecular formula is C22H29NO3S. The van der Waals surface area contributed by atoms with E-state index >= 15 is 0 Å². The first kappa shape index (κ1) is 21.2. The van der Waals surface area contributed by atoms with E-state index in [1.54, 1.807) is 24.3 Å². The molecular weight excluding hydrogens is 358 g/mol. The Kier molecular flexibility index (Phi) is 8.04. The molecule has 0 bridgehead atoms. The molecule has 0 aromatic heterocycles. The van der Waals surface area contributed by atoms with Crippen molar-refractivity contribution < 1.29 is 13.2 Å². The molecule has 1 atom stereocenters. The van der Waals surface area contributed by atoms with E-state index in [1.165, 1.54) is 0 Å². The van der Waals surface area contributed by atoms with Gasteiger partial charge in [0.25, 0.3) is 0 Å².